The van der Waals surface area contributed by atoms with Crippen molar-refractivity contribution < 1.29 is 23.9 Å². The van der Waals surface area contributed by atoms with Crippen LogP contribution in [-0.4, -0.2) is 40.6 Å². The van der Waals surface area contributed by atoms with Gasteiger partial charge in [0, 0.05) is 5.56 Å². The van der Waals surface area contributed by atoms with E-state index in [0.29, 0.717) is 5.56 Å². The molecule has 2 atom stereocenters. The molecule has 1 aliphatic rings. The Morgan fingerprint density at radius 1 is 0.893 bits per heavy atom. The Morgan fingerprint density at radius 3 is 2.00 bits per heavy atom. The van der Waals surface area contributed by atoms with Gasteiger partial charge in [-0.1, -0.05) is 24.3 Å². The minimum absolute atomic E-state index is 0.256. The second-order valence-electron chi connectivity index (χ2n) is 6.94. The number of benzene rings is 2. The van der Waals surface area contributed by atoms with Crippen LogP contribution in [0.2, 0.25) is 0 Å². The van der Waals surface area contributed by atoms with Crippen LogP contribution in [0.15, 0.2) is 42.5 Å². The summed E-state index contributed by atoms with van der Waals surface area (Å²) in [5.74, 6) is -2.23. The number of nitrogens with zero attached hydrogens (tertiary/aromatic N) is 1. The lowest BCUT2D eigenvalue weighted by atomic mass is 10.0. The maximum atomic E-state index is 12.6. The summed E-state index contributed by atoms with van der Waals surface area (Å²) in [7, 11) is 0. The molecule has 3 rings (SSSR count). The summed E-state index contributed by atoms with van der Waals surface area (Å²) in [6.07, 6.45) is -1.03. The summed E-state index contributed by atoms with van der Waals surface area (Å²) < 4.78 is 5.27. The number of fused-ring (bicyclic) bond motifs is 1. The first-order valence-electron chi connectivity index (χ1n) is 9.01. The first-order valence-corrected chi connectivity index (χ1v) is 9.01. The molecular formula is C22H21NO5. The number of carbonyl (C=O) groups is 4. The molecule has 0 bridgehead atoms. The average Bonchev–Trinajstić information content (AvgIpc) is 2.93. The number of rotatable bonds is 5. The molecule has 28 heavy (non-hydrogen) atoms. The Balaban J connectivity index is 1.72. The standard InChI is InChI=1S/C22H21NO5/c1-12-9-10-16(11-13(12)2)19(24)15(4)28-22(27)14(3)23-20(25)17-7-5-6-8-18(17)21(23)26/h5-11,14-15H,1-4H3. The lowest BCUT2D eigenvalue weighted by Crippen LogP contribution is -2.45. The van der Waals surface area contributed by atoms with E-state index >= 15 is 0 Å². The van der Waals surface area contributed by atoms with E-state index < -0.39 is 29.9 Å². The van der Waals surface area contributed by atoms with Gasteiger partial charge in [0.1, 0.15) is 6.04 Å². The molecule has 0 saturated heterocycles. The van der Waals surface area contributed by atoms with E-state index in [4.69, 9.17) is 4.74 Å². The van der Waals surface area contributed by atoms with Crippen LogP contribution < -0.4 is 0 Å². The molecule has 6 nitrogen and oxygen atoms in total. The first kappa shape index (κ1) is 19.5. The third-order valence-corrected chi connectivity index (χ3v) is 5.01. The topological polar surface area (TPSA) is 80.8 Å². The van der Waals surface area contributed by atoms with Gasteiger partial charge in [0.15, 0.2) is 6.10 Å². The fraction of sp³-hybridized carbons (Fsp3) is 0.273. The van der Waals surface area contributed by atoms with Gasteiger partial charge in [0.05, 0.1) is 11.1 Å². The average molecular weight is 379 g/mol. The van der Waals surface area contributed by atoms with Gasteiger partial charge in [-0.05, 0) is 57.0 Å². The van der Waals surface area contributed by atoms with Gasteiger partial charge < -0.3 is 4.74 Å². The number of amides is 2. The van der Waals surface area contributed by atoms with E-state index in [9.17, 15) is 19.2 Å². The lowest BCUT2D eigenvalue weighted by Gasteiger charge is -2.22. The van der Waals surface area contributed by atoms with Gasteiger partial charge >= 0.3 is 5.97 Å². The van der Waals surface area contributed by atoms with E-state index in [1.165, 1.54) is 13.8 Å². The highest BCUT2D eigenvalue weighted by Crippen LogP contribution is 2.25. The molecule has 0 radical (unpaired) electrons. The Hall–Kier alpha value is -3.28. The van der Waals surface area contributed by atoms with E-state index in [-0.39, 0.29) is 16.9 Å². The van der Waals surface area contributed by atoms with E-state index in [0.717, 1.165) is 16.0 Å². The second-order valence-corrected chi connectivity index (χ2v) is 6.94. The monoisotopic (exact) mass is 379 g/mol. The lowest BCUT2D eigenvalue weighted by molar-refractivity contribution is -0.150. The molecule has 0 aliphatic carbocycles. The second kappa shape index (κ2) is 7.38. The molecule has 2 amide bonds. The predicted molar refractivity (Wildman–Crippen MR) is 102 cm³/mol. The highest BCUT2D eigenvalue weighted by Gasteiger charge is 2.41. The minimum atomic E-state index is -1.14. The van der Waals surface area contributed by atoms with Crippen LogP contribution in [0.1, 0.15) is 56.0 Å². The summed E-state index contributed by atoms with van der Waals surface area (Å²) >= 11 is 0. The van der Waals surface area contributed by atoms with Crippen molar-refractivity contribution in [2.45, 2.75) is 39.8 Å². The van der Waals surface area contributed by atoms with Gasteiger partial charge in [0.25, 0.3) is 11.8 Å². The zero-order valence-electron chi connectivity index (χ0n) is 16.2. The number of ketones is 1. The molecule has 0 fully saturated rings. The molecule has 0 saturated carbocycles. The molecule has 6 heteroatoms. The van der Waals surface area contributed by atoms with Crippen LogP contribution >= 0.6 is 0 Å². The largest absolute Gasteiger partial charge is 0.453 e. The van der Waals surface area contributed by atoms with Crippen LogP contribution in [0.5, 0.6) is 0 Å². The Labute approximate surface area is 163 Å². The fourth-order valence-corrected chi connectivity index (χ4v) is 3.12. The van der Waals surface area contributed by atoms with Crippen molar-refractivity contribution in [3.05, 3.63) is 70.3 Å². The van der Waals surface area contributed by atoms with Crippen molar-refractivity contribution in [2.24, 2.45) is 0 Å². The maximum absolute atomic E-state index is 12.6. The molecule has 2 unspecified atom stereocenters. The van der Waals surface area contributed by atoms with Crippen molar-refractivity contribution in [3.8, 4) is 0 Å². The quantitative estimate of drug-likeness (QED) is 0.453. The van der Waals surface area contributed by atoms with E-state index in [1.807, 2.05) is 19.9 Å². The molecule has 2 aromatic carbocycles. The highest BCUT2D eigenvalue weighted by molar-refractivity contribution is 6.22. The molecule has 0 aromatic heterocycles. The first-order chi connectivity index (χ1) is 13.2. The number of hydrogen-bond acceptors (Lipinski definition) is 5. The van der Waals surface area contributed by atoms with Crippen LogP contribution in [0, 0.1) is 13.8 Å². The number of ether oxygens (including phenoxy) is 1. The number of imide groups is 1. The van der Waals surface area contributed by atoms with Crippen molar-refractivity contribution in [2.75, 3.05) is 0 Å². The number of Topliss-reactive ketones (excluding diaryl/α,β-unsaturated/α-hetero) is 1. The van der Waals surface area contributed by atoms with Gasteiger partial charge in [-0.3, -0.25) is 19.3 Å². The fourth-order valence-electron chi connectivity index (χ4n) is 3.12. The minimum Gasteiger partial charge on any atom is -0.453 e. The van der Waals surface area contributed by atoms with Crippen LogP contribution in [0.4, 0.5) is 0 Å². The van der Waals surface area contributed by atoms with Crippen molar-refractivity contribution in [1.82, 2.24) is 4.90 Å². The summed E-state index contributed by atoms with van der Waals surface area (Å²) in [5.41, 5.74) is 2.97. The summed E-state index contributed by atoms with van der Waals surface area (Å²) in [5, 5.41) is 0. The third-order valence-electron chi connectivity index (χ3n) is 5.01. The van der Waals surface area contributed by atoms with Gasteiger partial charge in [-0.15, -0.1) is 0 Å². The molecule has 1 aliphatic heterocycles. The van der Waals surface area contributed by atoms with Gasteiger partial charge in [-0.2, -0.15) is 0 Å². The Bertz CT molecular complexity index is 959. The smallest absolute Gasteiger partial charge is 0.329 e. The Kier molecular flexibility index (Phi) is 5.14. The Morgan fingerprint density at radius 2 is 1.46 bits per heavy atom. The molecule has 1 heterocycles. The summed E-state index contributed by atoms with van der Waals surface area (Å²) in [6, 6.07) is 10.5. The summed E-state index contributed by atoms with van der Waals surface area (Å²) in [4.78, 5) is 51.0. The zero-order valence-corrected chi connectivity index (χ0v) is 16.2. The van der Waals surface area contributed by atoms with E-state index in [2.05, 4.69) is 0 Å². The third kappa shape index (κ3) is 3.33. The molecule has 144 valence electrons. The van der Waals surface area contributed by atoms with Crippen LogP contribution in [0.3, 0.4) is 0 Å². The number of aryl methyl sites for hydroxylation is 2. The number of carbonyl (C=O) groups excluding carboxylic acids is 4. The SMILES string of the molecule is Cc1ccc(C(=O)C(C)OC(=O)C(C)N2C(=O)c3ccccc3C2=O)cc1C. The molecule has 2 aromatic rings. The normalized spacial score (nSPS) is 15.2. The van der Waals surface area contributed by atoms with Crippen LogP contribution in [-0.2, 0) is 9.53 Å². The van der Waals surface area contributed by atoms with Crippen molar-refractivity contribution >= 4 is 23.6 Å². The number of hydrogen-bond donors (Lipinski definition) is 0. The highest BCUT2D eigenvalue weighted by atomic mass is 16.5. The zero-order chi connectivity index (χ0) is 20.6. The van der Waals surface area contributed by atoms with Gasteiger partial charge in [-0.25, -0.2) is 4.79 Å². The van der Waals surface area contributed by atoms with E-state index in [1.54, 1.807) is 36.4 Å². The molecule has 0 N–H and O–H groups in total. The van der Waals surface area contributed by atoms with Gasteiger partial charge in [0.2, 0.25) is 5.78 Å². The van der Waals surface area contributed by atoms with Crippen molar-refractivity contribution in [1.29, 1.82) is 0 Å². The maximum Gasteiger partial charge on any atom is 0.329 e. The van der Waals surface area contributed by atoms with Crippen LogP contribution in [0.25, 0.3) is 0 Å². The number of esters is 1. The molecular weight excluding hydrogens is 358 g/mol. The van der Waals surface area contributed by atoms with Crippen molar-refractivity contribution in [3.63, 3.8) is 0 Å². The summed E-state index contributed by atoms with van der Waals surface area (Å²) in [6.45, 7) is 6.73. The predicted octanol–water partition coefficient (Wildman–Crippen LogP) is 3.10. The molecule has 0 spiro atoms.